The maximum absolute atomic E-state index is 14.4. The number of aromatic amines is 1. The molecule has 2 aromatic carbocycles. The first-order valence-electron chi connectivity index (χ1n) is 11.9. The molecule has 1 aliphatic rings. The molecule has 1 aliphatic carbocycles. The SMILES string of the molecule is O=C(NCCCNC1CCCCC1)c1ccc(-n2[nH]c3c(nnc4c(F)ccc(F)c43)c2=O)cc1. The lowest BCUT2D eigenvalue weighted by Gasteiger charge is -2.22. The molecule has 3 N–H and O–H groups in total. The molecular formula is C25H26F2N6O2. The van der Waals surface area contributed by atoms with Gasteiger partial charge in [-0.1, -0.05) is 19.3 Å². The summed E-state index contributed by atoms with van der Waals surface area (Å²) in [6.45, 7) is 1.44. The number of nitrogens with one attached hydrogen (secondary N) is 3. The topological polar surface area (TPSA) is 105 Å². The molecule has 8 nitrogen and oxygen atoms in total. The summed E-state index contributed by atoms with van der Waals surface area (Å²) in [6, 6.07) is 8.95. The number of rotatable bonds is 7. The normalized spacial score (nSPS) is 14.6. The number of benzene rings is 2. The first-order valence-corrected chi connectivity index (χ1v) is 11.9. The molecule has 2 aromatic heterocycles. The third-order valence-corrected chi connectivity index (χ3v) is 6.51. The quantitative estimate of drug-likeness (QED) is 0.351. The molecule has 0 bridgehead atoms. The third-order valence-electron chi connectivity index (χ3n) is 6.51. The van der Waals surface area contributed by atoms with Crippen LogP contribution in [-0.4, -0.2) is 45.0 Å². The standard InChI is InChI=1S/C25H26F2N6O2/c26-18-11-12-19(27)21-20(18)22-23(31-30-21)25(35)33(32-22)17-9-7-15(8-10-17)24(34)29-14-4-13-28-16-5-2-1-3-6-16/h7-12,16,28,32H,1-6,13-14H2,(H,29,34). The lowest BCUT2D eigenvalue weighted by Crippen LogP contribution is -2.34. The number of aromatic nitrogens is 4. The Bertz CT molecular complexity index is 1420. The summed E-state index contributed by atoms with van der Waals surface area (Å²) in [4.78, 5) is 25.3. The van der Waals surface area contributed by atoms with Crippen LogP contribution in [0.3, 0.4) is 0 Å². The average Bonchev–Trinajstić information content (AvgIpc) is 3.23. The molecule has 1 fully saturated rings. The largest absolute Gasteiger partial charge is 0.352 e. The van der Waals surface area contributed by atoms with Crippen LogP contribution < -0.4 is 16.2 Å². The van der Waals surface area contributed by atoms with Crippen molar-refractivity contribution in [1.29, 1.82) is 0 Å². The maximum Gasteiger partial charge on any atom is 0.299 e. The van der Waals surface area contributed by atoms with Crippen LogP contribution in [0.15, 0.2) is 41.2 Å². The van der Waals surface area contributed by atoms with Gasteiger partial charge in [0.1, 0.15) is 16.9 Å². The van der Waals surface area contributed by atoms with Crippen molar-refractivity contribution in [1.82, 2.24) is 30.6 Å². The van der Waals surface area contributed by atoms with Crippen molar-refractivity contribution in [2.45, 2.75) is 44.6 Å². The van der Waals surface area contributed by atoms with Gasteiger partial charge in [-0.15, -0.1) is 10.2 Å². The van der Waals surface area contributed by atoms with Gasteiger partial charge in [-0.2, -0.15) is 0 Å². The van der Waals surface area contributed by atoms with Crippen LogP contribution in [0.25, 0.3) is 27.6 Å². The van der Waals surface area contributed by atoms with E-state index < -0.39 is 17.2 Å². The van der Waals surface area contributed by atoms with Crippen molar-refractivity contribution < 1.29 is 13.6 Å². The van der Waals surface area contributed by atoms with E-state index in [4.69, 9.17) is 0 Å². The Morgan fingerprint density at radius 3 is 2.46 bits per heavy atom. The average molecular weight is 481 g/mol. The van der Waals surface area contributed by atoms with Gasteiger partial charge < -0.3 is 10.6 Å². The van der Waals surface area contributed by atoms with Crippen molar-refractivity contribution in [3.05, 3.63) is 63.9 Å². The fraction of sp³-hybridized carbons (Fsp3) is 0.360. The second kappa shape index (κ2) is 9.91. The van der Waals surface area contributed by atoms with Crippen LogP contribution in [0.4, 0.5) is 8.78 Å². The molecule has 2 heterocycles. The van der Waals surface area contributed by atoms with Crippen molar-refractivity contribution in [3.8, 4) is 5.69 Å². The summed E-state index contributed by atoms with van der Waals surface area (Å²) >= 11 is 0. The molecule has 0 spiro atoms. The van der Waals surface area contributed by atoms with Crippen LogP contribution in [-0.2, 0) is 0 Å². The summed E-state index contributed by atoms with van der Waals surface area (Å²) < 4.78 is 29.6. The van der Waals surface area contributed by atoms with Crippen LogP contribution in [0, 0.1) is 11.6 Å². The first-order chi connectivity index (χ1) is 17.0. The highest BCUT2D eigenvalue weighted by Crippen LogP contribution is 2.24. The lowest BCUT2D eigenvalue weighted by molar-refractivity contribution is 0.0953. The highest BCUT2D eigenvalue weighted by molar-refractivity contribution is 6.01. The predicted molar refractivity (Wildman–Crippen MR) is 129 cm³/mol. The zero-order chi connectivity index (χ0) is 24.4. The van der Waals surface area contributed by atoms with E-state index in [9.17, 15) is 18.4 Å². The predicted octanol–water partition coefficient (Wildman–Crippen LogP) is 3.58. The van der Waals surface area contributed by atoms with Crippen molar-refractivity contribution in [2.24, 2.45) is 0 Å². The monoisotopic (exact) mass is 480 g/mol. The lowest BCUT2D eigenvalue weighted by atomic mass is 9.95. The Morgan fingerprint density at radius 1 is 0.971 bits per heavy atom. The molecular weight excluding hydrogens is 454 g/mol. The Morgan fingerprint density at radius 2 is 1.69 bits per heavy atom. The van der Waals surface area contributed by atoms with Gasteiger partial charge in [0.05, 0.1) is 11.1 Å². The number of H-pyrrole nitrogens is 1. The van der Waals surface area contributed by atoms with E-state index in [1.165, 1.54) is 36.8 Å². The zero-order valence-corrected chi connectivity index (χ0v) is 19.1. The Kier molecular flexibility index (Phi) is 6.54. The van der Waals surface area contributed by atoms with Gasteiger partial charge in [-0.25, -0.2) is 13.5 Å². The number of carbonyl (C=O) groups is 1. The highest BCUT2D eigenvalue weighted by Gasteiger charge is 2.18. The van der Waals surface area contributed by atoms with E-state index in [-0.39, 0.29) is 27.8 Å². The van der Waals surface area contributed by atoms with Crippen molar-refractivity contribution in [3.63, 3.8) is 0 Å². The zero-order valence-electron chi connectivity index (χ0n) is 19.1. The summed E-state index contributed by atoms with van der Waals surface area (Å²) in [7, 11) is 0. The van der Waals surface area contributed by atoms with Gasteiger partial charge >= 0.3 is 0 Å². The second-order valence-electron chi connectivity index (χ2n) is 8.87. The molecule has 182 valence electrons. The number of nitrogens with zero attached hydrogens (tertiary/aromatic N) is 3. The van der Waals surface area contributed by atoms with E-state index >= 15 is 0 Å². The maximum atomic E-state index is 14.4. The van der Waals surface area contributed by atoms with Crippen LogP contribution in [0.1, 0.15) is 48.9 Å². The molecule has 0 radical (unpaired) electrons. The first kappa shape index (κ1) is 23.1. The molecule has 0 saturated heterocycles. The number of amides is 1. The number of halogens is 2. The van der Waals surface area contributed by atoms with Crippen LogP contribution in [0.2, 0.25) is 0 Å². The smallest absolute Gasteiger partial charge is 0.299 e. The second-order valence-corrected chi connectivity index (χ2v) is 8.87. The number of hydrogen-bond acceptors (Lipinski definition) is 5. The molecule has 0 atom stereocenters. The Balaban J connectivity index is 1.27. The van der Waals surface area contributed by atoms with Gasteiger partial charge in [0, 0.05) is 18.2 Å². The summed E-state index contributed by atoms with van der Waals surface area (Å²) in [5.74, 6) is -1.65. The van der Waals surface area contributed by atoms with Gasteiger partial charge in [0.25, 0.3) is 11.5 Å². The third kappa shape index (κ3) is 4.66. The molecule has 5 rings (SSSR count). The van der Waals surface area contributed by atoms with Gasteiger partial charge in [-0.3, -0.25) is 14.7 Å². The van der Waals surface area contributed by atoms with Crippen LogP contribution >= 0.6 is 0 Å². The van der Waals surface area contributed by atoms with Crippen LogP contribution in [0.5, 0.6) is 0 Å². The molecule has 35 heavy (non-hydrogen) atoms. The number of fused-ring (bicyclic) bond motifs is 3. The number of carbonyl (C=O) groups excluding carboxylic acids is 1. The highest BCUT2D eigenvalue weighted by atomic mass is 19.1. The fourth-order valence-electron chi connectivity index (χ4n) is 4.62. The van der Waals surface area contributed by atoms with Crippen molar-refractivity contribution >= 4 is 27.8 Å². The fourth-order valence-corrected chi connectivity index (χ4v) is 4.62. The summed E-state index contributed by atoms with van der Waals surface area (Å²) in [5.41, 5.74) is 0.0154. The van der Waals surface area contributed by atoms with Gasteiger partial charge in [-0.05, 0) is 62.2 Å². The minimum absolute atomic E-state index is 0.0562. The molecule has 1 saturated carbocycles. The van der Waals surface area contributed by atoms with Gasteiger partial charge in [0.2, 0.25) is 0 Å². The van der Waals surface area contributed by atoms with E-state index in [0.717, 1.165) is 25.1 Å². The molecule has 1 amide bonds. The minimum atomic E-state index is -0.732. The summed E-state index contributed by atoms with van der Waals surface area (Å²) in [5, 5.41) is 16.6. The van der Waals surface area contributed by atoms with E-state index in [0.29, 0.717) is 23.8 Å². The van der Waals surface area contributed by atoms with Crippen molar-refractivity contribution in [2.75, 3.05) is 13.1 Å². The molecule has 4 aromatic rings. The van der Waals surface area contributed by atoms with E-state index in [1.807, 2.05) is 0 Å². The molecule has 10 heteroatoms. The summed E-state index contributed by atoms with van der Waals surface area (Å²) in [6.07, 6.45) is 7.20. The molecule has 0 unspecified atom stereocenters. The van der Waals surface area contributed by atoms with E-state index in [2.05, 4.69) is 25.9 Å². The number of hydrogen-bond donors (Lipinski definition) is 3. The Hall–Kier alpha value is -3.66. The molecule has 0 aliphatic heterocycles. The Labute approximate surface area is 199 Å². The van der Waals surface area contributed by atoms with E-state index in [1.54, 1.807) is 24.3 Å². The van der Waals surface area contributed by atoms with Gasteiger partial charge in [0.15, 0.2) is 11.3 Å². The minimum Gasteiger partial charge on any atom is -0.352 e.